The average molecular weight is 353 g/mol. The molecule has 0 fully saturated rings. The second-order valence-corrected chi connectivity index (χ2v) is 7.25. The molecule has 3 aromatic carbocycles. The van der Waals surface area contributed by atoms with Gasteiger partial charge in [0, 0.05) is 0 Å². The zero-order valence-corrected chi connectivity index (χ0v) is 15.5. The molecule has 1 N–H and O–H groups in total. The van der Waals surface area contributed by atoms with Crippen LogP contribution in [0.3, 0.4) is 0 Å². The number of aryl methyl sites for hydroxylation is 1. The van der Waals surface area contributed by atoms with E-state index in [1.165, 1.54) is 22.2 Å². The molecule has 2 heterocycles. The number of rotatable bonds is 3. The number of nitrogens with one attached hydrogen (secondary N) is 1. The van der Waals surface area contributed by atoms with E-state index in [0.29, 0.717) is 0 Å². The molecule has 0 amide bonds. The van der Waals surface area contributed by atoms with Crippen molar-refractivity contribution in [2.75, 3.05) is 5.32 Å². The molecular formula is C24H23N3. The van der Waals surface area contributed by atoms with Crippen LogP contribution in [-0.4, -0.2) is 9.55 Å². The summed E-state index contributed by atoms with van der Waals surface area (Å²) in [6, 6.07) is 28.7. The van der Waals surface area contributed by atoms with Crippen molar-refractivity contribution in [1.82, 2.24) is 9.55 Å². The number of fused-ring (bicyclic) bond motifs is 3. The second-order valence-electron chi connectivity index (χ2n) is 7.25. The van der Waals surface area contributed by atoms with Gasteiger partial charge in [-0.1, -0.05) is 73.7 Å². The zero-order chi connectivity index (χ0) is 18.2. The number of hydrogen-bond acceptors (Lipinski definition) is 2. The Kier molecular flexibility index (Phi) is 3.93. The summed E-state index contributed by atoms with van der Waals surface area (Å²) in [6.07, 6.45) is 2.07. The fraction of sp³-hybridized carbons (Fsp3) is 0.208. The maximum absolute atomic E-state index is 4.89. The first-order valence-electron chi connectivity index (χ1n) is 9.71. The summed E-state index contributed by atoms with van der Waals surface area (Å²) in [7, 11) is 0. The van der Waals surface area contributed by atoms with E-state index in [1.54, 1.807) is 0 Å². The van der Waals surface area contributed by atoms with Gasteiger partial charge < -0.3 is 9.88 Å². The van der Waals surface area contributed by atoms with Crippen molar-refractivity contribution in [3.63, 3.8) is 0 Å². The van der Waals surface area contributed by atoms with Crippen LogP contribution >= 0.6 is 0 Å². The average Bonchev–Trinajstić information content (AvgIpc) is 3.12. The standard InChI is InChI=1S/C24H23N3/c1-2-17-12-14-19(15-13-17)23-16-21(18-8-4-3-5-9-18)26-24-25-20-10-6-7-11-22(20)27(23)24/h3-15,21,23H,2,16H2,1H3,(H,25,26)/t21-,23-/m1/s1. The van der Waals surface area contributed by atoms with E-state index in [9.17, 15) is 0 Å². The molecule has 134 valence electrons. The van der Waals surface area contributed by atoms with Crippen LogP contribution in [0.4, 0.5) is 5.95 Å². The van der Waals surface area contributed by atoms with Crippen LogP contribution in [0.1, 0.15) is 42.1 Å². The Hall–Kier alpha value is -3.07. The lowest BCUT2D eigenvalue weighted by atomic mass is 9.92. The Morgan fingerprint density at radius 3 is 2.41 bits per heavy atom. The first kappa shape index (κ1) is 16.1. The Morgan fingerprint density at radius 2 is 1.63 bits per heavy atom. The normalized spacial score (nSPS) is 18.9. The monoisotopic (exact) mass is 353 g/mol. The lowest BCUT2D eigenvalue weighted by Crippen LogP contribution is -2.27. The largest absolute Gasteiger partial charge is 0.349 e. The molecule has 1 aromatic heterocycles. The SMILES string of the molecule is CCc1ccc([C@H]2C[C@H](c3ccccc3)Nc3nc4ccccc4n32)cc1. The molecule has 27 heavy (non-hydrogen) atoms. The Labute approximate surface area is 159 Å². The minimum absolute atomic E-state index is 0.256. The van der Waals surface area contributed by atoms with Crippen LogP contribution in [0.5, 0.6) is 0 Å². The van der Waals surface area contributed by atoms with Crippen molar-refractivity contribution in [3.8, 4) is 0 Å². The van der Waals surface area contributed by atoms with E-state index >= 15 is 0 Å². The molecule has 0 saturated heterocycles. The first-order chi connectivity index (χ1) is 13.3. The van der Waals surface area contributed by atoms with E-state index in [0.717, 1.165) is 24.3 Å². The summed E-state index contributed by atoms with van der Waals surface area (Å²) >= 11 is 0. The molecule has 0 unspecified atom stereocenters. The number of hydrogen-bond donors (Lipinski definition) is 1. The molecule has 0 radical (unpaired) electrons. The molecule has 0 spiro atoms. The van der Waals surface area contributed by atoms with Crippen LogP contribution in [0, 0.1) is 0 Å². The number of nitrogens with zero attached hydrogens (tertiary/aromatic N) is 2. The van der Waals surface area contributed by atoms with Crippen LogP contribution < -0.4 is 5.32 Å². The fourth-order valence-electron chi connectivity index (χ4n) is 4.17. The van der Waals surface area contributed by atoms with E-state index in [2.05, 4.69) is 95.7 Å². The summed E-state index contributed by atoms with van der Waals surface area (Å²) in [4.78, 5) is 4.89. The van der Waals surface area contributed by atoms with Crippen LogP contribution in [0.2, 0.25) is 0 Å². The highest BCUT2D eigenvalue weighted by molar-refractivity contribution is 5.79. The topological polar surface area (TPSA) is 29.9 Å². The van der Waals surface area contributed by atoms with Crippen molar-refractivity contribution < 1.29 is 0 Å². The maximum atomic E-state index is 4.89. The van der Waals surface area contributed by atoms with Gasteiger partial charge in [0.2, 0.25) is 5.95 Å². The van der Waals surface area contributed by atoms with Gasteiger partial charge in [-0.15, -0.1) is 0 Å². The minimum Gasteiger partial charge on any atom is -0.349 e. The third-order valence-electron chi connectivity index (χ3n) is 5.64. The Morgan fingerprint density at radius 1 is 0.889 bits per heavy atom. The van der Waals surface area contributed by atoms with Gasteiger partial charge in [0.25, 0.3) is 0 Å². The van der Waals surface area contributed by atoms with Gasteiger partial charge >= 0.3 is 0 Å². The number of para-hydroxylation sites is 2. The predicted octanol–water partition coefficient (Wildman–Crippen LogP) is 5.75. The number of anilines is 1. The molecular weight excluding hydrogens is 330 g/mol. The summed E-state index contributed by atoms with van der Waals surface area (Å²) in [5, 5.41) is 3.68. The van der Waals surface area contributed by atoms with Gasteiger partial charge in [-0.25, -0.2) is 4.98 Å². The van der Waals surface area contributed by atoms with Crippen molar-refractivity contribution >= 4 is 17.0 Å². The molecule has 1 aliphatic rings. The fourth-order valence-corrected chi connectivity index (χ4v) is 4.17. The molecule has 2 atom stereocenters. The summed E-state index contributed by atoms with van der Waals surface area (Å²) < 4.78 is 2.37. The third kappa shape index (κ3) is 2.80. The van der Waals surface area contributed by atoms with Gasteiger partial charge in [0.1, 0.15) is 0 Å². The predicted molar refractivity (Wildman–Crippen MR) is 111 cm³/mol. The van der Waals surface area contributed by atoms with Crippen molar-refractivity contribution in [1.29, 1.82) is 0 Å². The van der Waals surface area contributed by atoms with Gasteiger partial charge in [0.15, 0.2) is 0 Å². The highest BCUT2D eigenvalue weighted by atomic mass is 15.3. The summed E-state index contributed by atoms with van der Waals surface area (Å²) in [6.45, 7) is 2.20. The molecule has 3 heteroatoms. The quantitative estimate of drug-likeness (QED) is 0.508. The maximum Gasteiger partial charge on any atom is 0.204 e. The Bertz CT molecular complexity index is 1060. The van der Waals surface area contributed by atoms with Gasteiger partial charge in [-0.3, -0.25) is 0 Å². The Balaban J connectivity index is 1.65. The third-order valence-corrected chi connectivity index (χ3v) is 5.64. The summed E-state index contributed by atoms with van der Waals surface area (Å²) in [5.41, 5.74) is 6.27. The first-order valence-corrected chi connectivity index (χ1v) is 9.71. The van der Waals surface area contributed by atoms with Crippen LogP contribution in [-0.2, 0) is 6.42 Å². The van der Waals surface area contributed by atoms with Gasteiger partial charge in [-0.05, 0) is 41.7 Å². The summed E-state index contributed by atoms with van der Waals surface area (Å²) in [5.74, 6) is 0.959. The molecule has 1 aliphatic heterocycles. The molecule has 0 saturated carbocycles. The van der Waals surface area contributed by atoms with E-state index in [4.69, 9.17) is 4.98 Å². The van der Waals surface area contributed by atoms with Crippen LogP contribution in [0.25, 0.3) is 11.0 Å². The molecule has 0 aliphatic carbocycles. The zero-order valence-electron chi connectivity index (χ0n) is 15.5. The van der Waals surface area contributed by atoms with Gasteiger partial charge in [-0.2, -0.15) is 0 Å². The number of benzene rings is 3. The lowest BCUT2D eigenvalue weighted by molar-refractivity contribution is 0.477. The lowest BCUT2D eigenvalue weighted by Gasteiger charge is -2.33. The van der Waals surface area contributed by atoms with Crippen molar-refractivity contribution in [3.05, 3.63) is 95.6 Å². The molecule has 3 nitrogen and oxygen atoms in total. The van der Waals surface area contributed by atoms with E-state index < -0.39 is 0 Å². The molecule has 4 aromatic rings. The number of aromatic nitrogens is 2. The molecule has 0 bridgehead atoms. The van der Waals surface area contributed by atoms with Crippen molar-refractivity contribution in [2.24, 2.45) is 0 Å². The smallest absolute Gasteiger partial charge is 0.204 e. The van der Waals surface area contributed by atoms with E-state index in [-0.39, 0.29) is 12.1 Å². The number of imidazole rings is 1. The molecule has 5 rings (SSSR count). The van der Waals surface area contributed by atoms with E-state index in [1.807, 2.05) is 0 Å². The highest BCUT2D eigenvalue weighted by Crippen LogP contribution is 2.41. The van der Waals surface area contributed by atoms with Crippen LogP contribution in [0.15, 0.2) is 78.9 Å². The van der Waals surface area contributed by atoms with Crippen molar-refractivity contribution in [2.45, 2.75) is 31.8 Å². The second kappa shape index (κ2) is 6.58. The minimum atomic E-state index is 0.256. The van der Waals surface area contributed by atoms with Gasteiger partial charge in [0.05, 0.1) is 23.1 Å². The highest BCUT2D eigenvalue weighted by Gasteiger charge is 2.30.